The summed E-state index contributed by atoms with van der Waals surface area (Å²) in [5.74, 6) is 0. The molecular weight excluding hydrogens is 665 g/mol. The summed E-state index contributed by atoms with van der Waals surface area (Å²) in [6.07, 6.45) is 1.24. The molecular formula is C54H36O. The zero-order chi connectivity index (χ0) is 41.5. The Morgan fingerprint density at radius 1 is 0.382 bits per heavy atom. The molecule has 1 heteroatoms. The van der Waals surface area contributed by atoms with E-state index in [9.17, 15) is 2.74 Å². The number of rotatable bonds is 6. The van der Waals surface area contributed by atoms with Gasteiger partial charge in [0.1, 0.15) is 11.2 Å². The van der Waals surface area contributed by atoms with E-state index in [-0.39, 0.29) is 47.4 Å². The highest BCUT2D eigenvalue weighted by atomic mass is 16.3. The largest absolute Gasteiger partial charge is 0.456 e. The molecule has 0 aliphatic rings. The second-order valence-electron chi connectivity index (χ2n) is 14.3. The van der Waals surface area contributed by atoms with Crippen LogP contribution in [0.2, 0.25) is 0 Å². The summed E-state index contributed by atoms with van der Waals surface area (Å²) in [7, 11) is 0. The fourth-order valence-electron chi connectivity index (χ4n) is 8.71. The van der Waals surface area contributed by atoms with Gasteiger partial charge in [-0.3, -0.25) is 0 Å². The van der Waals surface area contributed by atoms with Crippen LogP contribution >= 0.6 is 0 Å². The Morgan fingerprint density at radius 3 is 1.60 bits per heavy atom. The summed E-state index contributed by atoms with van der Waals surface area (Å²) in [6, 6.07) is 52.6. The summed E-state index contributed by atoms with van der Waals surface area (Å²) in [4.78, 5) is 0. The molecule has 10 aromatic carbocycles. The van der Waals surface area contributed by atoms with Gasteiger partial charge in [0.25, 0.3) is 0 Å². The first-order valence-corrected chi connectivity index (χ1v) is 18.7. The number of fused-ring (bicyclic) bond motifs is 7. The van der Waals surface area contributed by atoms with Crippen LogP contribution in [-0.2, 0) is 12.8 Å². The smallest absolute Gasteiger partial charge is 0.136 e. The monoisotopic (exact) mass is 706 g/mol. The summed E-state index contributed by atoms with van der Waals surface area (Å²) in [6.45, 7) is 0. The highest BCUT2D eigenvalue weighted by Gasteiger charge is 2.21. The van der Waals surface area contributed by atoms with E-state index in [0.29, 0.717) is 39.4 Å². The van der Waals surface area contributed by atoms with Gasteiger partial charge in [0, 0.05) is 10.8 Å². The molecule has 0 unspecified atom stereocenters. The van der Waals surface area contributed by atoms with Gasteiger partial charge in [-0.05, 0) is 113 Å². The first-order chi connectivity index (χ1) is 29.8. The van der Waals surface area contributed by atoms with Gasteiger partial charge in [-0.1, -0.05) is 182 Å². The normalized spacial score (nSPS) is 13.3. The van der Waals surface area contributed by atoms with Crippen LogP contribution in [0.15, 0.2) is 198 Å². The molecule has 1 nitrogen and oxygen atoms in total. The van der Waals surface area contributed by atoms with Crippen molar-refractivity contribution in [3.8, 4) is 22.3 Å². The van der Waals surface area contributed by atoms with Crippen molar-refractivity contribution >= 4 is 65.0 Å². The Morgan fingerprint density at radius 2 is 0.909 bits per heavy atom. The van der Waals surface area contributed by atoms with Gasteiger partial charge in [-0.25, -0.2) is 0 Å². The maximum Gasteiger partial charge on any atom is 0.136 e. The Labute approximate surface area is 328 Å². The van der Waals surface area contributed by atoms with E-state index >= 15 is 0 Å². The molecule has 0 saturated carbocycles. The summed E-state index contributed by atoms with van der Waals surface area (Å²) in [5, 5.41) is 9.86. The third kappa shape index (κ3) is 5.23. The quantitative estimate of drug-likeness (QED) is 0.157. The average Bonchev–Trinajstić information content (AvgIpc) is 3.69. The van der Waals surface area contributed by atoms with Crippen LogP contribution in [0, 0.1) is 0 Å². The van der Waals surface area contributed by atoms with Gasteiger partial charge in [-0.15, -0.1) is 0 Å². The molecule has 0 spiro atoms. The van der Waals surface area contributed by atoms with Gasteiger partial charge >= 0.3 is 0 Å². The fraction of sp³-hybridized carbons (Fsp3) is 0.0370. The first-order valence-electron chi connectivity index (χ1n) is 21.7. The number of furan rings is 1. The predicted molar refractivity (Wildman–Crippen MR) is 233 cm³/mol. The fourth-order valence-corrected chi connectivity index (χ4v) is 8.71. The van der Waals surface area contributed by atoms with Gasteiger partial charge in [0.15, 0.2) is 0 Å². The van der Waals surface area contributed by atoms with Crippen molar-refractivity contribution < 1.29 is 12.6 Å². The number of hydrogen-bond acceptors (Lipinski definition) is 1. The molecule has 0 aliphatic carbocycles. The lowest BCUT2D eigenvalue weighted by atomic mass is 9.83. The molecule has 0 amide bonds. The van der Waals surface area contributed by atoms with E-state index in [2.05, 4.69) is 103 Å². The summed E-state index contributed by atoms with van der Waals surface area (Å²) < 4.78 is 61.2. The molecule has 11 rings (SSSR count). The first kappa shape index (κ1) is 25.9. The van der Waals surface area contributed by atoms with Crippen molar-refractivity contribution in [2.75, 3.05) is 0 Å². The van der Waals surface area contributed by atoms with Crippen molar-refractivity contribution in [1.82, 2.24) is 0 Å². The minimum Gasteiger partial charge on any atom is -0.456 e. The maximum absolute atomic E-state index is 9.65. The van der Waals surface area contributed by atoms with E-state index < -0.39 is 0 Å². The van der Waals surface area contributed by atoms with E-state index in [0.717, 1.165) is 39.1 Å². The summed E-state index contributed by atoms with van der Waals surface area (Å²) >= 11 is 0. The average molecular weight is 707 g/mol. The van der Waals surface area contributed by atoms with E-state index in [1.807, 2.05) is 54.6 Å². The molecule has 11 aromatic rings. The van der Waals surface area contributed by atoms with Crippen LogP contribution in [0.25, 0.3) is 87.3 Å². The zero-order valence-corrected chi connectivity index (χ0v) is 29.8. The second kappa shape index (κ2) is 12.9. The lowest BCUT2D eigenvalue weighted by Gasteiger charge is -2.20. The number of benzene rings is 10. The lowest BCUT2D eigenvalue weighted by molar-refractivity contribution is 0.669. The van der Waals surface area contributed by atoms with Crippen molar-refractivity contribution in [3.63, 3.8) is 0 Å². The van der Waals surface area contributed by atoms with Crippen LogP contribution in [0.5, 0.6) is 0 Å². The SMILES string of the molecule is [2H]c1c([2H])c(-c2ccccc2)c2c(oc3c([2H])c([2H])c([2H])c(-c4ccc5ccccc5c4Cc4c5ccccc5c(Cc5ccc6ccccc6c5)c5ccccc45)c32)c1[2H]. The molecule has 0 aliphatic heterocycles. The molecule has 1 heterocycles. The van der Waals surface area contributed by atoms with E-state index in [4.69, 9.17) is 9.90 Å². The molecule has 0 fully saturated rings. The van der Waals surface area contributed by atoms with Gasteiger partial charge in [0.2, 0.25) is 0 Å². The van der Waals surface area contributed by atoms with Crippen LogP contribution in [-0.4, -0.2) is 0 Å². The van der Waals surface area contributed by atoms with Crippen LogP contribution in [0.4, 0.5) is 0 Å². The Balaban J connectivity index is 1.21. The van der Waals surface area contributed by atoms with Crippen molar-refractivity contribution in [2.24, 2.45) is 0 Å². The topological polar surface area (TPSA) is 13.1 Å². The molecule has 1 aromatic heterocycles. The van der Waals surface area contributed by atoms with Gasteiger partial charge in [0.05, 0.1) is 8.22 Å². The van der Waals surface area contributed by atoms with Gasteiger partial charge < -0.3 is 4.42 Å². The number of hydrogen-bond donors (Lipinski definition) is 0. The molecule has 0 bridgehead atoms. The standard InChI is InChI=1S/C54H36O/c1-2-15-37(16-3-1)41-24-12-26-51-53(41)54-47(25-13-27-52(54)55-51)46-31-30-38-17-6-7-19-40(38)49(46)34-50-44-22-10-8-20-42(44)48(43-21-9-11-23-45(43)50)33-35-28-29-36-14-4-5-18-39(36)32-35/h1-32H,33-34H2/i12D,13D,24D,25D,26D,27D. The minimum absolute atomic E-state index is 0.0646. The third-order valence-corrected chi connectivity index (χ3v) is 11.2. The summed E-state index contributed by atoms with van der Waals surface area (Å²) in [5.41, 5.74) is 6.89. The van der Waals surface area contributed by atoms with Crippen LogP contribution in [0.3, 0.4) is 0 Å². The maximum atomic E-state index is 9.65. The molecule has 0 N–H and O–H groups in total. The predicted octanol–water partition coefficient (Wildman–Crippen LogP) is 14.7. The van der Waals surface area contributed by atoms with E-state index in [1.54, 1.807) is 0 Å². The molecule has 0 radical (unpaired) electrons. The Kier molecular flexibility index (Phi) is 6.06. The van der Waals surface area contributed by atoms with Crippen molar-refractivity contribution in [2.45, 2.75) is 12.8 Å². The van der Waals surface area contributed by atoms with Crippen LogP contribution < -0.4 is 0 Å². The van der Waals surface area contributed by atoms with E-state index in [1.165, 1.54) is 32.7 Å². The highest BCUT2D eigenvalue weighted by Crippen LogP contribution is 2.45. The van der Waals surface area contributed by atoms with Crippen LogP contribution in [0.1, 0.15) is 30.5 Å². The lowest BCUT2D eigenvalue weighted by Crippen LogP contribution is -2.00. The van der Waals surface area contributed by atoms with Gasteiger partial charge in [-0.2, -0.15) is 0 Å². The molecule has 55 heavy (non-hydrogen) atoms. The third-order valence-electron chi connectivity index (χ3n) is 11.2. The second-order valence-corrected chi connectivity index (χ2v) is 14.3. The Hall–Kier alpha value is -6.96. The highest BCUT2D eigenvalue weighted by molar-refractivity contribution is 6.18. The molecule has 258 valence electrons. The molecule has 0 saturated heterocycles. The minimum atomic E-state index is -0.292. The Bertz CT molecular complexity index is 3550. The van der Waals surface area contributed by atoms with Crippen molar-refractivity contribution in [3.05, 3.63) is 216 Å². The molecule has 0 atom stereocenters. The zero-order valence-electron chi connectivity index (χ0n) is 35.8. The van der Waals surface area contributed by atoms with Crippen molar-refractivity contribution in [1.29, 1.82) is 0 Å².